The zero-order valence-electron chi connectivity index (χ0n) is 9.20. The molecule has 16 heavy (non-hydrogen) atoms. The molecule has 0 bridgehead atoms. The van der Waals surface area contributed by atoms with Crippen LogP contribution < -0.4 is 4.74 Å². The van der Waals surface area contributed by atoms with Gasteiger partial charge in [-0.2, -0.15) is 0 Å². The van der Waals surface area contributed by atoms with Crippen LogP contribution in [0.15, 0.2) is 18.2 Å². The number of methoxy groups -OCH3 is 1. The molecule has 0 heterocycles. The average Bonchev–Trinajstić information content (AvgIpc) is 2.24. The van der Waals surface area contributed by atoms with Crippen molar-refractivity contribution in [1.82, 2.24) is 0 Å². The van der Waals surface area contributed by atoms with Crippen molar-refractivity contribution in [3.63, 3.8) is 0 Å². The fraction of sp³-hybridized carbons (Fsp3) is 0.417. The summed E-state index contributed by atoms with van der Waals surface area (Å²) >= 11 is 5.89. The van der Waals surface area contributed by atoms with Crippen LogP contribution in [0.2, 0.25) is 5.02 Å². The van der Waals surface area contributed by atoms with Gasteiger partial charge in [-0.3, -0.25) is 4.79 Å². The number of rotatable bonds is 6. The van der Waals surface area contributed by atoms with Crippen molar-refractivity contribution in [2.75, 3.05) is 7.11 Å². The van der Waals surface area contributed by atoms with Crippen molar-refractivity contribution in [1.29, 1.82) is 0 Å². The van der Waals surface area contributed by atoms with Gasteiger partial charge in [0.2, 0.25) is 0 Å². The van der Waals surface area contributed by atoms with Crippen LogP contribution in [0.4, 0.5) is 0 Å². The maximum Gasteiger partial charge on any atom is 0.303 e. The molecule has 4 heteroatoms. The van der Waals surface area contributed by atoms with Crippen molar-refractivity contribution in [3.8, 4) is 5.75 Å². The first-order chi connectivity index (χ1) is 7.63. The Morgan fingerprint density at radius 3 is 2.81 bits per heavy atom. The summed E-state index contributed by atoms with van der Waals surface area (Å²) in [7, 11) is 1.62. The number of aliphatic carboxylic acids is 1. The van der Waals surface area contributed by atoms with Gasteiger partial charge in [0.05, 0.1) is 7.11 Å². The number of hydrogen-bond donors (Lipinski definition) is 1. The van der Waals surface area contributed by atoms with Crippen LogP contribution >= 0.6 is 11.6 Å². The van der Waals surface area contributed by atoms with Crippen LogP contribution in [0.5, 0.6) is 5.75 Å². The lowest BCUT2D eigenvalue weighted by Crippen LogP contribution is -1.96. The van der Waals surface area contributed by atoms with E-state index in [9.17, 15) is 4.79 Å². The molecule has 0 radical (unpaired) electrons. The summed E-state index contributed by atoms with van der Waals surface area (Å²) in [6.07, 6.45) is 2.49. The highest BCUT2D eigenvalue weighted by atomic mass is 35.5. The molecule has 88 valence electrons. The minimum atomic E-state index is -0.752. The van der Waals surface area contributed by atoms with E-state index in [0.717, 1.165) is 24.2 Å². The molecule has 0 amide bonds. The Labute approximate surface area is 100.0 Å². The number of benzene rings is 1. The summed E-state index contributed by atoms with van der Waals surface area (Å²) < 4.78 is 5.20. The van der Waals surface area contributed by atoms with E-state index in [1.807, 2.05) is 12.1 Å². The van der Waals surface area contributed by atoms with Gasteiger partial charge in [0.25, 0.3) is 0 Å². The third kappa shape index (κ3) is 4.11. The SMILES string of the molecule is COc1ccc(Cl)cc1CCCCC(=O)O. The summed E-state index contributed by atoms with van der Waals surface area (Å²) in [5, 5.41) is 9.18. The predicted octanol–water partition coefficient (Wildman–Crippen LogP) is 3.15. The first kappa shape index (κ1) is 12.8. The summed E-state index contributed by atoms with van der Waals surface area (Å²) in [6.45, 7) is 0. The lowest BCUT2D eigenvalue weighted by molar-refractivity contribution is -0.137. The maximum atomic E-state index is 10.3. The molecule has 0 unspecified atom stereocenters. The van der Waals surface area contributed by atoms with Crippen molar-refractivity contribution >= 4 is 17.6 Å². The van der Waals surface area contributed by atoms with E-state index < -0.39 is 5.97 Å². The molecular weight excluding hydrogens is 228 g/mol. The number of ether oxygens (including phenoxy) is 1. The van der Waals surface area contributed by atoms with Gasteiger partial charge in [-0.1, -0.05) is 11.6 Å². The highest BCUT2D eigenvalue weighted by Crippen LogP contribution is 2.24. The van der Waals surface area contributed by atoms with Crippen molar-refractivity contribution < 1.29 is 14.6 Å². The minimum absolute atomic E-state index is 0.211. The Morgan fingerprint density at radius 2 is 2.19 bits per heavy atom. The Kier molecular flexibility index (Phi) is 5.12. The van der Waals surface area contributed by atoms with E-state index >= 15 is 0 Å². The number of aryl methyl sites for hydroxylation is 1. The summed E-state index contributed by atoms with van der Waals surface area (Å²) in [5.74, 6) is 0.0535. The molecule has 0 saturated carbocycles. The zero-order valence-corrected chi connectivity index (χ0v) is 9.96. The van der Waals surface area contributed by atoms with Gasteiger partial charge < -0.3 is 9.84 Å². The van der Waals surface area contributed by atoms with E-state index in [0.29, 0.717) is 11.4 Å². The zero-order chi connectivity index (χ0) is 12.0. The predicted molar refractivity (Wildman–Crippen MR) is 63.2 cm³/mol. The second-order valence-corrected chi connectivity index (χ2v) is 3.99. The fourth-order valence-electron chi connectivity index (χ4n) is 1.53. The van der Waals surface area contributed by atoms with Gasteiger partial charge in [0.1, 0.15) is 5.75 Å². The normalized spacial score (nSPS) is 10.1. The van der Waals surface area contributed by atoms with Crippen LogP contribution in [0, 0.1) is 0 Å². The molecule has 0 aliphatic carbocycles. The first-order valence-corrected chi connectivity index (χ1v) is 5.55. The summed E-state index contributed by atoms with van der Waals surface area (Å²) in [4.78, 5) is 10.3. The van der Waals surface area contributed by atoms with E-state index in [2.05, 4.69) is 0 Å². The molecule has 1 aromatic carbocycles. The Bertz CT molecular complexity index is 363. The second-order valence-electron chi connectivity index (χ2n) is 3.56. The van der Waals surface area contributed by atoms with Crippen LogP contribution in [0.1, 0.15) is 24.8 Å². The van der Waals surface area contributed by atoms with E-state index in [-0.39, 0.29) is 6.42 Å². The molecule has 0 aromatic heterocycles. The fourth-order valence-corrected chi connectivity index (χ4v) is 1.73. The number of halogens is 1. The molecule has 0 fully saturated rings. The van der Waals surface area contributed by atoms with Crippen LogP contribution in [0.25, 0.3) is 0 Å². The van der Waals surface area contributed by atoms with Crippen LogP contribution in [-0.2, 0) is 11.2 Å². The summed E-state index contributed by atoms with van der Waals surface area (Å²) in [6, 6.07) is 5.47. The molecule has 0 atom stereocenters. The van der Waals surface area contributed by atoms with Crippen LogP contribution in [-0.4, -0.2) is 18.2 Å². The number of carboxylic acid groups (broad SMARTS) is 1. The van der Waals surface area contributed by atoms with Gasteiger partial charge in [0, 0.05) is 11.4 Å². The van der Waals surface area contributed by atoms with Gasteiger partial charge >= 0.3 is 5.97 Å². The molecule has 1 aromatic rings. The van der Waals surface area contributed by atoms with E-state index in [4.69, 9.17) is 21.4 Å². The minimum Gasteiger partial charge on any atom is -0.496 e. The van der Waals surface area contributed by atoms with Gasteiger partial charge in [-0.15, -0.1) is 0 Å². The maximum absolute atomic E-state index is 10.3. The molecule has 0 aliphatic heterocycles. The van der Waals surface area contributed by atoms with Gasteiger partial charge in [0.15, 0.2) is 0 Å². The molecule has 3 nitrogen and oxygen atoms in total. The molecule has 0 aliphatic rings. The number of hydrogen-bond acceptors (Lipinski definition) is 2. The molecule has 0 saturated heterocycles. The molecular formula is C12H15ClO3. The summed E-state index contributed by atoms with van der Waals surface area (Å²) in [5.41, 5.74) is 1.03. The van der Waals surface area contributed by atoms with Crippen molar-refractivity contribution in [2.24, 2.45) is 0 Å². The van der Waals surface area contributed by atoms with E-state index in [1.165, 1.54) is 0 Å². The number of carbonyl (C=O) groups is 1. The second kappa shape index (κ2) is 6.38. The molecule has 1 N–H and O–H groups in total. The topological polar surface area (TPSA) is 46.5 Å². The molecule has 0 spiro atoms. The standard InChI is InChI=1S/C12H15ClO3/c1-16-11-7-6-10(13)8-9(11)4-2-3-5-12(14)15/h6-8H,2-5H2,1H3,(H,14,15). The smallest absolute Gasteiger partial charge is 0.303 e. The molecule has 1 rings (SSSR count). The average molecular weight is 243 g/mol. The third-order valence-corrected chi connectivity index (χ3v) is 2.56. The van der Waals surface area contributed by atoms with Gasteiger partial charge in [-0.05, 0) is 43.0 Å². The van der Waals surface area contributed by atoms with Crippen LogP contribution in [0.3, 0.4) is 0 Å². The Morgan fingerprint density at radius 1 is 1.44 bits per heavy atom. The van der Waals surface area contributed by atoms with Gasteiger partial charge in [-0.25, -0.2) is 0 Å². The highest BCUT2D eigenvalue weighted by molar-refractivity contribution is 6.30. The first-order valence-electron chi connectivity index (χ1n) is 5.17. The third-order valence-electron chi connectivity index (χ3n) is 2.33. The highest BCUT2D eigenvalue weighted by Gasteiger charge is 2.04. The van der Waals surface area contributed by atoms with E-state index in [1.54, 1.807) is 13.2 Å². The van der Waals surface area contributed by atoms with Crippen molar-refractivity contribution in [2.45, 2.75) is 25.7 Å². The van der Waals surface area contributed by atoms with Crippen molar-refractivity contribution in [3.05, 3.63) is 28.8 Å². The lowest BCUT2D eigenvalue weighted by atomic mass is 10.1. The Balaban J connectivity index is 2.51. The quantitative estimate of drug-likeness (QED) is 0.780. The largest absolute Gasteiger partial charge is 0.496 e. The Hall–Kier alpha value is -1.22. The lowest BCUT2D eigenvalue weighted by Gasteiger charge is -2.08. The number of unbranched alkanes of at least 4 members (excludes halogenated alkanes) is 1. The monoisotopic (exact) mass is 242 g/mol. The number of carboxylic acids is 1.